The number of carbonyl (C=O) groups excluding carboxylic acids is 1. The van der Waals surface area contributed by atoms with Crippen LogP contribution in [0.15, 0.2) is 17.0 Å². The second-order valence-corrected chi connectivity index (χ2v) is 5.99. The highest BCUT2D eigenvalue weighted by Crippen LogP contribution is 2.25. The van der Waals surface area contributed by atoms with Crippen molar-refractivity contribution >= 4 is 22.0 Å². The van der Waals surface area contributed by atoms with Gasteiger partial charge in [0.1, 0.15) is 17.4 Å². The number of hydrogen-bond donors (Lipinski definition) is 3. The van der Waals surface area contributed by atoms with Crippen LogP contribution in [0, 0.1) is 6.92 Å². The molecule has 21 heavy (non-hydrogen) atoms. The Kier molecular flexibility index (Phi) is 4.92. The van der Waals surface area contributed by atoms with Gasteiger partial charge in [-0.15, -0.1) is 0 Å². The monoisotopic (exact) mass is 317 g/mol. The molecule has 0 aliphatic heterocycles. The van der Waals surface area contributed by atoms with Crippen LogP contribution in [0.25, 0.3) is 0 Å². The molecule has 0 saturated heterocycles. The number of sulfonamides is 1. The lowest BCUT2D eigenvalue weighted by Crippen LogP contribution is -2.39. The van der Waals surface area contributed by atoms with E-state index >= 15 is 0 Å². The summed E-state index contributed by atoms with van der Waals surface area (Å²) >= 11 is 0. The van der Waals surface area contributed by atoms with Gasteiger partial charge in [-0.1, -0.05) is 0 Å². The third kappa shape index (κ3) is 3.70. The van der Waals surface area contributed by atoms with Crippen molar-refractivity contribution in [3.63, 3.8) is 0 Å². The molecule has 0 heterocycles. The van der Waals surface area contributed by atoms with Crippen molar-refractivity contribution in [1.82, 2.24) is 4.72 Å². The van der Waals surface area contributed by atoms with Gasteiger partial charge in [-0.3, -0.25) is 4.79 Å². The molecule has 3 N–H and O–H groups in total. The Bertz CT molecular complexity index is 681. The molecule has 0 unspecified atom stereocenters. The molecule has 0 aliphatic rings. The first-order chi connectivity index (χ1) is 9.60. The third-order valence-corrected chi connectivity index (χ3v) is 4.38. The van der Waals surface area contributed by atoms with Crippen molar-refractivity contribution in [3.05, 3.63) is 23.3 Å². The Morgan fingerprint density at radius 1 is 1.33 bits per heavy atom. The number of carboxylic acids is 1. The Morgan fingerprint density at radius 3 is 2.38 bits per heavy atom. The Balaban J connectivity index is 3.29. The fourth-order valence-electron chi connectivity index (χ4n) is 1.65. The predicted octanol–water partition coefficient (Wildman–Crippen LogP) is 0.239. The number of methoxy groups -OCH3 is 1. The normalized spacial score (nSPS) is 12.7. The summed E-state index contributed by atoms with van der Waals surface area (Å²) in [4.78, 5) is 21.9. The number of ether oxygens (including phenoxy) is 1. The number of carboxylic acid groups (broad SMARTS) is 1. The Morgan fingerprint density at radius 2 is 1.90 bits per heavy atom. The number of rotatable bonds is 5. The molecule has 0 bridgehead atoms. The zero-order valence-electron chi connectivity index (χ0n) is 11.6. The predicted molar refractivity (Wildman–Crippen MR) is 71.6 cm³/mol. The van der Waals surface area contributed by atoms with Crippen LogP contribution >= 0.6 is 0 Å². The molecule has 1 aromatic carbocycles. The van der Waals surface area contributed by atoms with E-state index in [1.165, 1.54) is 13.8 Å². The van der Waals surface area contributed by atoms with Crippen LogP contribution in [0.2, 0.25) is 0 Å². The van der Waals surface area contributed by atoms with Crippen LogP contribution in [0.1, 0.15) is 22.8 Å². The van der Waals surface area contributed by atoms with Gasteiger partial charge in [0.15, 0.2) is 0 Å². The maximum Gasteiger partial charge on any atom is 0.339 e. The molecule has 0 aromatic heterocycles. The molecule has 1 rings (SSSR count). The standard InChI is InChI=1S/C12H15NO7S/c1-6-4-9(14)8(11(15)16)5-10(6)21(18,19)13-7(2)12(17)20-3/h4-5,7,13-14H,1-3H3,(H,15,16)/t7-/m0/s1. The van der Waals surface area contributed by atoms with Crippen LogP contribution in [0.4, 0.5) is 0 Å². The lowest BCUT2D eigenvalue weighted by atomic mass is 10.1. The minimum absolute atomic E-state index is 0.141. The fraction of sp³-hybridized carbons (Fsp3) is 0.333. The van der Waals surface area contributed by atoms with Crippen molar-refractivity contribution in [3.8, 4) is 5.75 Å². The van der Waals surface area contributed by atoms with Gasteiger partial charge in [-0.2, -0.15) is 4.72 Å². The maximum atomic E-state index is 12.2. The van der Waals surface area contributed by atoms with Gasteiger partial charge in [0, 0.05) is 0 Å². The number of aromatic carboxylic acids is 1. The summed E-state index contributed by atoms with van der Waals surface area (Å²) in [5.41, 5.74) is -0.409. The van der Waals surface area contributed by atoms with Gasteiger partial charge in [0.2, 0.25) is 10.0 Å². The smallest absolute Gasteiger partial charge is 0.339 e. The van der Waals surface area contributed by atoms with Crippen molar-refractivity contribution in [1.29, 1.82) is 0 Å². The van der Waals surface area contributed by atoms with Crippen molar-refractivity contribution in [2.24, 2.45) is 0 Å². The van der Waals surface area contributed by atoms with E-state index in [2.05, 4.69) is 9.46 Å². The fourth-order valence-corrected chi connectivity index (χ4v) is 3.10. The van der Waals surface area contributed by atoms with E-state index in [0.717, 1.165) is 19.2 Å². The zero-order valence-corrected chi connectivity index (χ0v) is 12.4. The SMILES string of the molecule is COC(=O)[C@H](C)NS(=O)(=O)c1cc(C(=O)O)c(O)cc1C. The lowest BCUT2D eigenvalue weighted by molar-refractivity contribution is -0.142. The van der Waals surface area contributed by atoms with Crippen LogP contribution in [0.3, 0.4) is 0 Å². The average molecular weight is 317 g/mol. The number of aryl methyl sites for hydroxylation is 1. The highest BCUT2D eigenvalue weighted by Gasteiger charge is 2.26. The Hall–Kier alpha value is -2.13. The van der Waals surface area contributed by atoms with Gasteiger partial charge < -0.3 is 14.9 Å². The van der Waals surface area contributed by atoms with E-state index in [0.29, 0.717) is 0 Å². The van der Waals surface area contributed by atoms with Crippen LogP contribution in [-0.2, 0) is 19.6 Å². The van der Waals surface area contributed by atoms with Crippen LogP contribution < -0.4 is 4.72 Å². The number of esters is 1. The van der Waals surface area contributed by atoms with Crippen molar-refractivity contribution in [2.75, 3.05) is 7.11 Å². The molecule has 0 fully saturated rings. The van der Waals surface area contributed by atoms with E-state index in [4.69, 9.17) is 5.11 Å². The average Bonchev–Trinajstić information content (AvgIpc) is 2.36. The molecule has 0 spiro atoms. The molecule has 0 aliphatic carbocycles. The summed E-state index contributed by atoms with van der Waals surface area (Å²) in [5, 5.41) is 18.4. The molecule has 9 heteroatoms. The lowest BCUT2D eigenvalue weighted by Gasteiger charge is -2.14. The molecule has 0 radical (unpaired) electrons. The summed E-state index contributed by atoms with van der Waals surface area (Å²) < 4.78 is 30.8. The zero-order chi connectivity index (χ0) is 16.4. The molecular weight excluding hydrogens is 302 g/mol. The van der Waals surface area contributed by atoms with Gasteiger partial charge in [0.25, 0.3) is 0 Å². The summed E-state index contributed by atoms with van der Waals surface area (Å²) in [6.07, 6.45) is 0. The Labute approximate surface area is 121 Å². The molecule has 0 saturated carbocycles. The molecule has 0 amide bonds. The number of nitrogens with one attached hydrogen (secondary N) is 1. The molecule has 8 nitrogen and oxygen atoms in total. The van der Waals surface area contributed by atoms with Gasteiger partial charge in [-0.05, 0) is 31.5 Å². The maximum absolute atomic E-state index is 12.2. The molecular formula is C12H15NO7S. The van der Waals surface area contributed by atoms with Crippen molar-refractivity contribution in [2.45, 2.75) is 24.8 Å². The molecule has 116 valence electrons. The summed E-state index contributed by atoms with van der Waals surface area (Å²) in [5.74, 6) is -2.79. The number of benzene rings is 1. The van der Waals surface area contributed by atoms with Crippen molar-refractivity contribution < 1.29 is 33.0 Å². The van der Waals surface area contributed by atoms with E-state index in [1.807, 2.05) is 0 Å². The number of hydrogen-bond acceptors (Lipinski definition) is 6. The minimum atomic E-state index is -4.14. The van der Waals surface area contributed by atoms with E-state index in [9.17, 15) is 23.1 Å². The quantitative estimate of drug-likeness (QED) is 0.663. The van der Waals surface area contributed by atoms with Gasteiger partial charge in [-0.25, -0.2) is 13.2 Å². The highest BCUT2D eigenvalue weighted by molar-refractivity contribution is 7.89. The largest absolute Gasteiger partial charge is 0.507 e. The molecule has 1 atom stereocenters. The topological polar surface area (TPSA) is 130 Å². The first kappa shape index (κ1) is 16.9. The van der Waals surface area contributed by atoms with Gasteiger partial charge >= 0.3 is 11.9 Å². The first-order valence-electron chi connectivity index (χ1n) is 5.77. The number of aromatic hydroxyl groups is 1. The molecule has 1 aromatic rings. The summed E-state index contributed by atoms with van der Waals surface area (Å²) in [7, 11) is -3.03. The number of phenols is 1. The van der Waals surface area contributed by atoms with Gasteiger partial charge in [0.05, 0.1) is 12.0 Å². The van der Waals surface area contributed by atoms with E-state index < -0.39 is 39.3 Å². The second kappa shape index (κ2) is 6.10. The third-order valence-electron chi connectivity index (χ3n) is 2.70. The number of carbonyl (C=O) groups is 2. The van der Waals surface area contributed by atoms with Crippen LogP contribution in [0.5, 0.6) is 5.75 Å². The first-order valence-corrected chi connectivity index (χ1v) is 7.25. The summed E-state index contributed by atoms with van der Waals surface area (Å²) in [6, 6.07) is 0.724. The van der Waals surface area contributed by atoms with Crippen LogP contribution in [-0.4, -0.2) is 43.7 Å². The van der Waals surface area contributed by atoms with E-state index in [-0.39, 0.29) is 10.5 Å². The highest BCUT2D eigenvalue weighted by atomic mass is 32.2. The second-order valence-electron chi connectivity index (χ2n) is 4.31. The minimum Gasteiger partial charge on any atom is -0.507 e. The van der Waals surface area contributed by atoms with E-state index in [1.54, 1.807) is 0 Å². The summed E-state index contributed by atoms with van der Waals surface area (Å²) in [6.45, 7) is 2.68.